The highest BCUT2D eigenvalue weighted by Crippen LogP contribution is 2.18. The van der Waals surface area contributed by atoms with E-state index in [1.807, 2.05) is 50.2 Å². The Balaban J connectivity index is 1.48. The number of rotatable bonds is 7. The van der Waals surface area contributed by atoms with Gasteiger partial charge in [0, 0.05) is 18.9 Å². The third kappa shape index (κ3) is 4.69. The van der Waals surface area contributed by atoms with Crippen molar-refractivity contribution in [1.82, 2.24) is 15.5 Å². The van der Waals surface area contributed by atoms with Crippen molar-refractivity contribution in [3.05, 3.63) is 76.9 Å². The highest BCUT2D eigenvalue weighted by atomic mass is 16.5. The van der Waals surface area contributed by atoms with Gasteiger partial charge in [-0.3, -0.25) is 9.78 Å². The molecule has 2 aromatic heterocycles. The number of carbonyl (C=O) groups is 1. The van der Waals surface area contributed by atoms with E-state index >= 15 is 0 Å². The zero-order chi connectivity index (χ0) is 18.4. The number of aromatic nitrogens is 2. The standard InChI is InChI=1S/C20H21N3O3/c1-14-19(15(2)26-23-14)13-25-18-7-5-16(6-8-18)10-20(24)22-12-17-4-3-9-21-11-17/h3-9,11H,10,12-13H2,1-2H3,(H,22,24). The zero-order valence-corrected chi connectivity index (χ0v) is 14.9. The van der Waals surface area contributed by atoms with Crippen molar-refractivity contribution in [2.24, 2.45) is 0 Å². The Morgan fingerprint density at radius 1 is 1.15 bits per heavy atom. The molecule has 3 rings (SSSR count). The monoisotopic (exact) mass is 351 g/mol. The number of pyridine rings is 1. The van der Waals surface area contributed by atoms with E-state index in [0.29, 0.717) is 19.6 Å². The molecule has 0 aliphatic heterocycles. The molecule has 134 valence electrons. The lowest BCUT2D eigenvalue weighted by Gasteiger charge is -2.08. The SMILES string of the molecule is Cc1noc(C)c1COc1ccc(CC(=O)NCc2cccnc2)cc1. The second-order valence-corrected chi connectivity index (χ2v) is 6.05. The predicted octanol–water partition coefficient (Wildman–Crippen LogP) is 3.12. The summed E-state index contributed by atoms with van der Waals surface area (Å²) in [5.74, 6) is 1.48. The number of ether oxygens (including phenoxy) is 1. The summed E-state index contributed by atoms with van der Waals surface area (Å²) in [5, 5.41) is 6.80. The molecule has 3 aromatic rings. The van der Waals surface area contributed by atoms with Gasteiger partial charge in [-0.2, -0.15) is 0 Å². The van der Waals surface area contributed by atoms with Gasteiger partial charge in [-0.1, -0.05) is 23.4 Å². The second kappa shape index (κ2) is 8.29. The van der Waals surface area contributed by atoms with Crippen LogP contribution < -0.4 is 10.1 Å². The summed E-state index contributed by atoms with van der Waals surface area (Å²) in [6.07, 6.45) is 3.77. The average molecular weight is 351 g/mol. The van der Waals surface area contributed by atoms with Gasteiger partial charge in [-0.25, -0.2) is 0 Å². The predicted molar refractivity (Wildman–Crippen MR) is 96.5 cm³/mol. The molecule has 0 aliphatic carbocycles. The Kier molecular flexibility index (Phi) is 5.63. The van der Waals surface area contributed by atoms with Gasteiger partial charge >= 0.3 is 0 Å². The summed E-state index contributed by atoms with van der Waals surface area (Å²) < 4.78 is 10.9. The first-order chi connectivity index (χ1) is 12.6. The molecular formula is C20H21N3O3. The molecule has 1 N–H and O–H groups in total. The van der Waals surface area contributed by atoms with Crippen LogP contribution in [0.2, 0.25) is 0 Å². The van der Waals surface area contributed by atoms with Crippen molar-refractivity contribution >= 4 is 5.91 Å². The lowest BCUT2D eigenvalue weighted by molar-refractivity contribution is -0.120. The van der Waals surface area contributed by atoms with Crippen molar-refractivity contribution in [3.8, 4) is 5.75 Å². The number of hydrogen-bond acceptors (Lipinski definition) is 5. The highest BCUT2D eigenvalue weighted by molar-refractivity contribution is 5.78. The fourth-order valence-electron chi connectivity index (χ4n) is 2.52. The average Bonchev–Trinajstić information content (AvgIpc) is 2.98. The van der Waals surface area contributed by atoms with E-state index in [9.17, 15) is 4.79 Å². The molecule has 0 saturated heterocycles. The lowest BCUT2D eigenvalue weighted by Crippen LogP contribution is -2.24. The van der Waals surface area contributed by atoms with Gasteiger partial charge in [0.25, 0.3) is 0 Å². The number of nitrogens with one attached hydrogen (secondary N) is 1. The van der Waals surface area contributed by atoms with E-state index in [1.54, 1.807) is 12.4 Å². The summed E-state index contributed by atoms with van der Waals surface area (Å²) in [5.41, 5.74) is 3.70. The Labute approximate surface area is 152 Å². The van der Waals surface area contributed by atoms with Crippen LogP contribution in [0.1, 0.15) is 28.1 Å². The highest BCUT2D eigenvalue weighted by Gasteiger charge is 2.10. The zero-order valence-electron chi connectivity index (χ0n) is 14.9. The third-order valence-corrected chi connectivity index (χ3v) is 4.06. The topological polar surface area (TPSA) is 77.2 Å². The quantitative estimate of drug-likeness (QED) is 0.708. The Bertz CT molecular complexity index is 838. The van der Waals surface area contributed by atoms with Crippen LogP contribution in [-0.4, -0.2) is 16.0 Å². The first kappa shape index (κ1) is 17.7. The van der Waals surface area contributed by atoms with Gasteiger partial charge in [-0.05, 0) is 43.2 Å². The molecule has 0 radical (unpaired) electrons. The van der Waals surface area contributed by atoms with Gasteiger partial charge in [0.2, 0.25) is 5.91 Å². The molecule has 0 spiro atoms. The van der Waals surface area contributed by atoms with E-state index in [4.69, 9.17) is 9.26 Å². The van der Waals surface area contributed by atoms with Crippen LogP contribution in [0.25, 0.3) is 0 Å². The maximum atomic E-state index is 12.0. The van der Waals surface area contributed by atoms with Crippen LogP contribution in [-0.2, 0) is 24.4 Å². The van der Waals surface area contributed by atoms with Gasteiger partial charge < -0.3 is 14.6 Å². The normalized spacial score (nSPS) is 10.5. The van der Waals surface area contributed by atoms with Crippen molar-refractivity contribution in [1.29, 1.82) is 0 Å². The largest absolute Gasteiger partial charge is 0.489 e. The molecule has 0 bridgehead atoms. The van der Waals surface area contributed by atoms with Crippen LogP contribution in [0.3, 0.4) is 0 Å². The van der Waals surface area contributed by atoms with Gasteiger partial charge in [-0.15, -0.1) is 0 Å². The van der Waals surface area contributed by atoms with Crippen LogP contribution >= 0.6 is 0 Å². The molecule has 0 fully saturated rings. The van der Waals surface area contributed by atoms with E-state index in [-0.39, 0.29) is 5.91 Å². The van der Waals surface area contributed by atoms with Crippen LogP contribution in [0.5, 0.6) is 5.75 Å². The number of nitrogens with zero attached hydrogens (tertiary/aromatic N) is 2. The summed E-state index contributed by atoms with van der Waals surface area (Å²) in [6, 6.07) is 11.3. The fourth-order valence-corrected chi connectivity index (χ4v) is 2.52. The molecule has 0 aliphatic rings. The number of carbonyl (C=O) groups excluding carboxylic acids is 1. The van der Waals surface area contributed by atoms with E-state index in [2.05, 4.69) is 15.5 Å². The van der Waals surface area contributed by atoms with Gasteiger partial charge in [0.1, 0.15) is 18.1 Å². The first-order valence-electron chi connectivity index (χ1n) is 8.41. The van der Waals surface area contributed by atoms with E-state index < -0.39 is 0 Å². The van der Waals surface area contributed by atoms with Gasteiger partial charge in [0.05, 0.1) is 17.7 Å². The van der Waals surface area contributed by atoms with Crippen molar-refractivity contribution < 1.29 is 14.1 Å². The molecule has 0 saturated carbocycles. The Hall–Kier alpha value is -3.15. The Morgan fingerprint density at radius 3 is 2.62 bits per heavy atom. The third-order valence-electron chi connectivity index (χ3n) is 4.06. The number of aryl methyl sites for hydroxylation is 2. The molecule has 6 nitrogen and oxygen atoms in total. The molecule has 1 aromatic carbocycles. The maximum absolute atomic E-state index is 12.0. The molecule has 0 atom stereocenters. The molecule has 26 heavy (non-hydrogen) atoms. The summed E-state index contributed by atoms with van der Waals surface area (Å²) in [7, 11) is 0. The summed E-state index contributed by atoms with van der Waals surface area (Å²) >= 11 is 0. The summed E-state index contributed by atoms with van der Waals surface area (Å²) in [6.45, 7) is 4.64. The van der Waals surface area contributed by atoms with Crippen molar-refractivity contribution in [3.63, 3.8) is 0 Å². The van der Waals surface area contributed by atoms with Crippen LogP contribution in [0, 0.1) is 13.8 Å². The number of hydrogen-bond donors (Lipinski definition) is 1. The number of benzene rings is 1. The Morgan fingerprint density at radius 2 is 1.96 bits per heavy atom. The molecular weight excluding hydrogens is 330 g/mol. The van der Waals surface area contributed by atoms with E-state index in [0.717, 1.165) is 33.9 Å². The van der Waals surface area contributed by atoms with Crippen LogP contribution in [0.15, 0.2) is 53.3 Å². The molecule has 1 amide bonds. The maximum Gasteiger partial charge on any atom is 0.224 e. The minimum Gasteiger partial charge on any atom is -0.489 e. The summed E-state index contributed by atoms with van der Waals surface area (Å²) in [4.78, 5) is 16.1. The molecule has 0 unspecified atom stereocenters. The molecule has 6 heteroatoms. The second-order valence-electron chi connectivity index (χ2n) is 6.05. The van der Waals surface area contributed by atoms with E-state index in [1.165, 1.54) is 0 Å². The number of amides is 1. The lowest BCUT2D eigenvalue weighted by atomic mass is 10.1. The molecule has 2 heterocycles. The smallest absolute Gasteiger partial charge is 0.224 e. The minimum absolute atomic E-state index is 0.0294. The van der Waals surface area contributed by atoms with Gasteiger partial charge in [0.15, 0.2) is 0 Å². The minimum atomic E-state index is -0.0294. The first-order valence-corrected chi connectivity index (χ1v) is 8.41. The van der Waals surface area contributed by atoms with Crippen molar-refractivity contribution in [2.45, 2.75) is 33.4 Å². The van der Waals surface area contributed by atoms with Crippen LogP contribution in [0.4, 0.5) is 0 Å². The van der Waals surface area contributed by atoms with Crippen molar-refractivity contribution in [2.75, 3.05) is 0 Å². The fraction of sp³-hybridized carbons (Fsp3) is 0.250.